The van der Waals surface area contributed by atoms with Crippen LogP contribution in [0, 0.1) is 10.1 Å². The smallest absolute Gasteiger partial charge is 0.312 e. The van der Waals surface area contributed by atoms with Gasteiger partial charge in [-0.1, -0.05) is 15.9 Å². The molecule has 1 aromatic rings. The molecule has 0 aromatic heterocycles. The SMILES string of the molecule is CC(=O)c1cc(Br)cc([N+](=O)[O-])c1OC1CCS(=O)(=O)C1. The van der Waals surface area contributed by atoms with Crippen molar-refractivity contribution in [2.24, 2.45) is 0 Å². The Hall–Kier alpha value is -1.48. The highest BCUT2D eigenvalue weighted by molar-refractivity contribution is 9.10. The maximum Gasteiger partial charge on any atom is 0.312 e. The number of nitro groups is 1. The van der Waals surface area contributed by atoms with Crippen molar-refractivity contribution in [3.63, 3.8) is 0 Å². The van der Waals surface area contributed by atoms with Gasteiger partial charge in [0.1, 0.15) is 6.10 Å². The Labute approximate surface area is 129 Å². The Morgan fingerprint density at radius 2 is 2.14 bits per heavy atom. The molecule has 0 aliphatic carbocycles. The summed E-state index contributed by atoms with van der Waals surface area (Å²) in [6.45, 7) is 1.27. The minimum Gasteiger partial charge on any atom is -0.482 e. The van der Waals surface area contributed by atoms with Crippen LogP contribution in [0.1, 0.15) is 23.7 Å². The van der Waals surface area contributed by atoms with Gasteiger partial charge in [-0.15, -0.1) is 0 Å². The Kier molecular flexibility index (Phi) is 4.33. The highest BCUT2D eigenvalue weighted by Crippen LogP contribution is 2.36. The third-order valence-electron chi connectivity index (χ3n) is 3.09. The lowest BCUT2D eigenvalue weighted by Crippen LogP contribution is -2.19. The number of ketones is 1. The molecule has 0 saturated carbocycles. The van der Waals surface area contributed by atoms with E-state index in [1.165, 1.54) is 19.1 Å². The molecule has 21 heavy (non-hydrogen) atoms. The standard InChI is InChI=1S/C12H12BrNO6S/c1-7(15)10-4-8(13)5-11(14(16)17)12(10)20-9-2-3-21(18,19)6-9/h4-5,9H,2-3,6H2,1H3. The van der Waals surface area contributed by atoms with Gasteiger partial charge in [0.25, 0.3) is 0 Å². The van der Waals surface area contributed by atoms with E-state index in [-0.39, 0.29) is 34.9 Å². The van der Waals surface area contributed by atoms with Gasteiger partial charge in [-0.3, -0.25) is 14.9 Å². The predicted molar refractivity (Wildman–Crippen MR) is 78.5 cm³/mol. The highest BCUT2D eigenvalue weighted by Gasteiger charge is 2.33. The molecule has 0 amide bonds. The fourth-order valence-corrected chi connectivity index (χ4v) is 4.16. The first-order valence-corrected chi connectivity index (χ1v) is 8.67. The van der Waals surface area contributed by atoms with Crippen LogP contribution >= 0.6 is 15.9 Å². The van der Waals surface area contributed by atoms with Gasteiger partial charge in [0.05, 0.1) is 22.0 Å². The van der Waals surface area contributed by atoms with Crippen molar-refractivity contribution in [2.45, 2.75) is 19.4 Å². The Bertz CT molecular complexity index is 679. The molecule has 9 heteroatoms. The quantitative estimate of drug-likeness (QED) is 0.452. The van der Waals surface area contributed by atoms with Gasteiger partial charge in [-0.25, -0.2) is 8.42 Å². The maximum atomic E-state index is 11.7. The van der Waals surface area contributed by atoms with Gasteiger partial charge in [-0.05, 0) is 19.4 Å². The molecular formula is C12H12BrNO6S. The molecule has 1 unspecified atom stereocenters. The van der Waals surface area contributed by atoms with Crippen molar-refractivity contribution >= 4 is 37.2 Å². The molecule has 1 fully saturated rings. The average Bonchev–Trinajstić information content (AvgIpc) is 2.69. The largest absolute Gasteiger partial charge is 0.482 e. The van der Waals surface area contributed by atoms with E-state index in [9.17, 15) is 23.3 Å². The molecule has 1 aliphatic rings. The molecule has 0 spiro atoms. The van der Waals surface area contributed by atoms with Crippen LogP contribution < -0.4 is 4.74 Å². The summed E-state index contributed by atoms with van der Waals surface area (Å²) in [5.41, 5.74) is -0.306. The van der Waals surface area contributed by atoms with E-state index >= 15 is 0 Å². The van der Waals surface area contributed by atoms with Crippen molar-refractivity contribution in [1.82, 2.24) is 0 Å². The van der Waals surface area contributed by atoms with Gasteiger partial charge in [-0.2, -0.15) is 0 Å². The number of rotatable bonds is 4. The fraction of sp³-hybridized carbons (Fsp3) is 0.417. The number of sulfone groups is 1. The second kappa shape index (κ2) is 5.72. The van der Waals surface area contributed by atoms with Crippen molar-refractivity contribution in [3.8, 4) is 5.75 Å². The molecule has 1 saturated heterocycles. The lowest BCUT2D eigenvalue weighted by atomic mass is 10.1. The van der Waals surface area contributed by atoms with Crippen molar-refractivity contribution in [3.05, 3.63) is 32.3 Å². The summed E-state index contributed by atoms with van der Waals surface area (Å²) in [4.78, 5) is 22.1. The topological polar surface area (TPSA) is 104 Å². The minimum absolute atomic E-state index is 0.0165. The number of Topliss-reactive ketones (excluding diaryl/α,β-unsaturated/α-hetero) is 1. The monoisotopic (exact) mass is 377 g/mol. The fourth-order valence-electron chi connectivity index (χ4n) is 2.12. The summed E-state index contributed by atoms with van der Waals surface area (Å²) in [6.07, 6.45) is -0.416. The maximum absolute atomic E-state index is 11.7. The van der Waals surface area contributed by atoms with Crippen molar-refractivity contribution < 1.29 is 22.9 Å². The zero-order valence-electron chi connectivity index (χ0n) is 11.0. The average molecular weight is 378 g/mol. The number of nitro benzene ring substituents is 1. The summed E-state index contributed by atoms with van der Waals surface area (Å²) in [5.74, 6) is -0.775. The van der Waals surface area contributed by atoms with E-state index < -0.39 is 26.6 Å². The number of carbonyl (C=O) groups excluding carboxylic acids is 1. The number of benzene rings is 1. The molecule has 0 bridgehead atoms. The number of hydrogen-bond donors (Lipinski definition) is 0. The van der Waals surface area contributed by atoms with E-state index in [1.807, 2.05) is 0 Å². The molecule has 0 radical (unpaired) electrons. The number of nitrogens with zero attached hydrogens (tertiary/aromatic N) is 1. The van der Waals surface area contributed by atoms with Crippen LogP contribution in [0.4, 0.5) is 5.69 Å². The summed E-state index contributed by atoms with van der Waals surface area (Å²) < 4.78 is 28.7. The summed E-state index contributed by atoms with van der Waals surface area (Å²) in [7, 11) is -3.18. The number of hydrogen-bond acceptors (Lipinski definition) is 6. The molecular weight excluding hydrogens is 366 g/mol. The predicted octanol–water partition coefficient (Wildman–Crippen LogP) is 2.13. The van der Waals surface area contributed by atoms with Crippen LogP contribution in [0.25, 0.3) is 0 Å². The first-order valence-electron chi connectivity index (χ1n) is 6.05. The third kappa shape index (κ3) is 3.59. The summed E-state index contributed by atoms with van der Waals surface area (Å²) >= 11 is 3.11. The molecule has 1 heterocycles. The summed E-state index contributed by atoms with van der Waals surface area (Å²) in [5, 5.41) is 11.1. The van der Waals surface area contributed by atoms with E-state index in [4.69, 9.17) is 4.74 Å². The minimum atomic E-state index is -3.18. The van der Waals surface area contributed by atoms with Crippen LogP contribution in [0.5, 0.6) is 5.75 Å². The normalized spacial score (nSPS) is 20.2. The molecule has 1 atom stereocenters. The Balaban J connectivity index is 2.45. The first kappa shape index (κ1) is 15.9. The third-order valence-corrected chi connectivity index (χ3v) is 5.28. The van der Waals surface area contributed by atoms with Crippen LogP contribution in [0.2, 0.25) is 0 Å². The zero-order valence-corrected chi connectivity index (χ0v) is 13.4. The van der Waals surface area contributed by atoms with Gasteiger partial charge in [0.15, 0.2) is 15.6 Å². The second-order valence-electron chi connectivity index (χ2n) is 4.76. The van der Waals surface area contributed by atoms with Crippen molar-refractivity contribution in [1.29, 1.82) is 0 Å². The van der Waals surface area contributed by atoms with Gasteiger partial charge in [0, 0.05) is 10.5 Å². The van der Waals surface area contributed by atoms with E-state index in [0.29, 0.717) is 4.47 Å². The van der Waals surface area contributed by atoms with E-state index in [0.717, 1.165) is 0 Å². The lowest BCUT2D eigenvalue weighted by Gasteiger charge is -2.15. The number of carbonyl (C=O) groups is 1. The Morgan fingerprint density at radius 1 is 1.48 bits per heavy atom. The molecule has 114 valence electrons. The van der Waals surface area contributed by atoms with E-state index in [2.05, 4.69) is 15.9 Å². The zero-order chi connectivity index (χ0) is 15.8. The lowest BCUT2D eigenvalue weighted by molar-refractivity contribution is -0.386. The first-order chi connectivity index (χ1) is 9.69. The molecule has 0 N–H and O–H groups in total. The van der Waals surface area contributed by atoms with Crippen LogP contribution in [-0.2, 0) is 9.84 Å². The molecule has 2 rings (SSSR count). The van der Waals surface area contributed by atoms with Crippen LogP contribution in [0.3, 0.4) is 0 Å². The number of halogens is 1. The second-order valence-corrected chi connectivity index (χ2v) is 7.90. The number of ether oxygens (including phenoxy) is 1. The van der Waals surface area contributed by atoms with E-state index in [1.54, 1.807) is 0 Å². The van der Waals surface area contributed by atoms with Gasteiger partial charge < -0.3 is 4.74 Å². The molecule has 1 aromatic carbocycles. The summed E-state index contributed by atoms with van der Waals surface area (Å²) in [6, 6.07) is 2.65. The van der Waals surface area contributed by atoms with Crippen LogP contribution in [-0.4, -0.2) is 36.7 Å². The molecule has 1 aliphatic heterocycles. The van der Waals surface area contributed by atoms with Crippen molar-refractivity contribution in [2.75, 3.05) is 11.5 Å². The van der Waals surface area contributed by atoms with Crippen LogP contribution in [0.15, 0.2) is 16.6 Å². The van der Waals surface area contributed by atoms with Gasteiger partial charge >= 0.3 is 5.69 Å². The highest BCUT2D eigenvalue weighted by atomic mass is 79.9. The Morgan fingerprint density at radius 3 is 2.62 bits per heavy atom. The molecule has 7 nitrogen and oxygen atoms in total. The van der Waals surface area contributed by atoms with Gasteiger partial charge in [0.2, 0.25) is 5.75 Å².